The number of hydrogen-bond acceptors (Lipinski definition) is 3. The topological polar surface area (TPSA) is 84.2 Å². The molecule has 0 bridgehead atoms. The molecule has 0 heterocycles. The third kappa shape index (κ3) is 4.68. The smallest absolute Gasteiger partial charge is 0.240 e. The lowest BCUT2D eigenvalue weighted by molar-refractivity contribution is -0.117. The zero-order valence-electron chi connectivity index (χ0n) is 9.99. The molecule has 1 atom stereocenters. The van der Waals surface area contributed by atoms with E-state index >= 15 is 0 Å². The second kappa shape index (κ2) is 6.93. The summed E-state index contributed by atoms with van der Waals surface area (Å²) in [6.07, 6.45) is 0. The molecule has 2 amide bonds. The van der Waals surface area contributed by atoms with Gasteiger partial charge >= 0.3 is 0 Å². The van der Waals surface area contributed by atoms with Gasteiger partial charge in [0.25, 0.3) is 0 Å². The average Bonchev–Trinajstić information content (AvgIpc) is 2.22. The third-order valence-electron chi connectivity index (χ3n) is 1.96. The summed E-state index contributed by atoms with van der Waals surface area (Å²) in [4.78, 5) is 22.1. The maximum absolute atomic E-state index is 13.3. The van der Waals surface area contributed by atoms with Crippen molar-refractivity contribution in [3.63, 3.8) is 0 Å². The molecule has 1 aromatic carbocycles. The van der Waals surface area contributed by atoms with Crippen molar-refractivity contribution in [3.05, 3.63) is 24.0 Å². The lowest BCUT2D eigenvalue weighted by Gasteiger charge is -2.10. The first-order valence-corrected chi connectivity index (χ1v) is 5.03. The molecule has 0 spiro atoms. The fourth-order valence-corrected chi connectivity index (χ4v) is 1.14. The molecule has 0 aliphatic heterocycles. The van der Waals surface area contributed by atoms with E-state index in [2.05, 4.69) is 10.6 Å². The minimum absolute atomic E-state index is 0. The molecular formula is C11H15ClFN3O2. The van der Waals surface area contributed by atoms with Gasteiger partial charge in [0.2, 0.25) is 11.8 Å². The summed E-state index contributed by atoms with van der Waals surface area (Å²) in [5.74, 6) is -1.34. The Bertz CT molecular complexity index is 452. The number of hydrogen-bond donors (Lipinski definition) is 3. The Hall–Kier alpha value is -1.66. The monoisotopic (exact) mass is 275 g/mol. The molecule has 0 aliphatic rings. The van der Waals surface area contributed by atoms with E-state index in [4.69, 9.17) is 5.73 Å². The summed E-state index contributed by atoms with van der Waals surface area (Å²) < 4.78 is 13.3. The second-order valence-electron chi connectivity index (χ2n) is 3.65. The van der Waals surface area contributed by atoms with Crippen molar-refractivity contribution < 1.29 is 14.0 Å². The minimum Gasteiger partial charge on any atom is -0.325 e. The lowest BCUT2D eigenvalue weighted by atomic mass is 10.2. The normalized spacial score (nSPS) is 11.1. The van der Waals surface area contributed by atoms with Crippen LogP contribution in [0.3, 0.4) is 0 Å². The molecule has 0 fully saturated rings. The molecule has 4 N–H and O–H groups in total. The molecule has 0 radical (unpaired) electrons. The predicted molar refractivity (Wildman–Crippen MR) is 70.2 cm³/mol. The largest absolute Gasteiger partial charge is 0.325 e. The van der Waals surface area contributed by atoms with Crippen LogP contribution in [0.25, 0.3) is 0 Å². The Labute approximate surface area is 110 Å². The maximum Gasteiger partial charge on any atom is 0.240 e. The molecule has 0 aliphatic carbocycles. The fraction of sp³-hybridized carbons (Fsp3) is 0.273. The van der Waals surface area contributed by atoms with Gasteiger partial charge in [-0.3, -0.25) is 9.59 Å². The molecule has 18 heavy (non-hydrogen) atoms. The third-order valence-corrected chi connectivity index (χ3v) is 1.96. The van der Waals surface area contributed by atoms with Crippen LogP contribution in [0.4, 0.5) is 15.8 Å². The summed E-state index contributed by atoms with van der Waals surface area (Å²) in [6.45, 7) is 2.81. The van der Waals surface area contributed by atoms with Crippen LogP contribution in [0, 0.1) is 5.82 Å². The number of anilines is 2. The van der Waals surface area contributed by atoms with Crippen molar-refractivity contribution in [1.29, 1.82) is 0 Å². The number of nitrogens with two attached hydrogens (primary N) is 1. The van der Waals surface area contributed by atoms with Gasteiger partial charge in [0.05, 0.1) is 11.7 Å². The number of rotatable bonds is 3. The molecule has 0 unspecified atom stereocenters. The second-order valence-corrected chi connectivity index (χ2v) is 3.65. The Morgan fingerprint density at radius 1 is 1.33 bits per heavy atom. The molecule has 1 rings (SSSR count). The van der Waals surface area contributed by atoms with Gasteiger partial charge in [-0.2, -0.15) is 0 Å². The molecule has 0 saturated heterocycles. The number of halogens is 2. The zero-order valence-corrected chi connectivity index (χ0v) is 10.8. The average molecular weight is 276 g/mol. The van der Waals surface area contributed by atoms with E-state index < -0.39 is 11.9 Å². The van der Waals surface area contributed by atoms with Crippen LogP contribution in [0.5, 0.6) is 0 Å². The van der Waals surface area contributed by atoms with Crippen LogP contribution in [0.15, 0.2) is 18.2 Å². The summed E-state index contributed by atoms with van der Waals surface area (Å²) in [5.41, 5.74) is 5.76. The summed E-state index contributed by atoms with van der Waals surface area (Å²) in [6, 6.07) is 3.21. The number of carbonyl (C=O) groups is 2. The van der Waals surface area contributed by atoms with Gasteiger partial charge in [-0.15, -0.1) is 12.4 Å². The number of benzene rings is 1. The van der Waals surface area contributed by atoms with E-state index in [1.165, 1.54) is 26.0 Å². The first-order chi connectivity index (χ1) is 7.90. The summed E-state index contributed by atoms with van der Waals surface area (Å²) >= 11 is 0. The SMILES string of the molecule is CC(=O)Nc1cc(NC(=O)[C@H](C)N)ccc1F.Cl. The van der Waals surface area contributed by atoms with Crippen LogP contribution in [-0.2, 0) is 9.59 Å². The van der Waals surface area contributed by atoms with Crippen molar-refractivity contribution in [2.75, 3.05) is 10.6 Å². The lowest BCUT2D eigenvalue weighted by Crippen LogP contribution is -2.32. The van der Waals surface area contributed by atoms with E-state index in [9.17, 15) is 14.0 Å². The Morgan fingerprint density at radius 3 is 2.44 bits per heavy atom. The molecule has 7 heteroatoms. The number of carbonyl (C=O) groups excluding carboxylic acids is 2. The highest BCUT2D eigenvalue weighted by molar-refractivity contribution is 5.95. The minimum atomic E-state index is -0.663. The molecule has 100 valence electrons. The van der Waals surface area contributed by atoms with E-state index in [-0.39, 0.29) is 29.9 Å². The Kier molecular flexibility index (Phi) is 6.29. The van der Waals surface area contributed by atoms with Crippen molar-refractivity contribution in [2.45, 2.75) is 19.9 Å². The van der Waals surface area contributed by atoms with Crippen molar-refractivity contribution in [1.82, 2.24) is 0 Å². The predicted octanol–water partition coefficient (Wildman–Crippen LogP) is 1.49. The highest BCUT2D eigenvalue weighted by atomic mass is 35.5. The van der Waals surface area contributed by atoms with Crippen molar-refractivity contribution in [2.24, 2.45) is 5.73 Å². The van der Waals surface area contributed by atoms with E-state index in [0.29, 0.717) is 5.69 Å². The maximum atomic E-state index is 13.3. The van der Waals surface area contributed by atoms with Crippen LogP contribution < -0.4 is 16.4 Å². The van der Waals surface area contributed by atoms with Crippen LogP contribution in [0.1, 0.15) is 13.8 Å². The first kappa shape index (κ1) is 16.3. The number of nitrogens with one attached hydrogen (secondary N) is 2. The quantitative estimate of drug-likeness (QED) is 0.781. The van der Waals surface area contributed by atoms with Gasteiger partial charge in [-0.25, -0.2) is 4.39 Å². The Morgan fingerprint density at radius 2 is 1.94 bits per heavy atom. The highest BCUT2D eigenvalue weighted by Gasteiger charge is 2.10. The van der Waals surface area contributed by atoms with E-state index in [1.807, 2.05) is 0 Å². The summed E-state index contributed by atoms with van der Waals surface area (Å²) in [5, 5.41) is 4.82. The van der Waals surface area contributed by atoms with E-state index in [1.54, 1.807) is 0 Å². The van der Waals surface area contributed by atoms with Gasteiger partial charge in [0, 0.05) is 12.6 Å². The fourth-order valence-electron chi connectivity index (χ4n) is 1.14. The first-order valence-electron chi connectivity index (χ1n) is 5.03. The van der Waals surface area contributed by atoms with Gasteiger partial charge in [0.15, 0.2) is 0 Å². The van der Waals surface area contributed by atoms with Crippen molar-refractivity contribution >= 4 is 35.6 Å². The molecule has 5 nitrogen and oxygen atoms in total. The molecular weight excluding hydrogens is 261 g/mol. The Balaban J connectivity index is 0.00000289. The van der Waals surface area contributed by atoms with Gasteiger partial charge in [-0.1, -0.05) is 0 Å². The van der Waals surface area contributed by atoms with Crippen LogP contribution in [0.2, 0.25) is 0 Å². The van der Waals surface area contributed by atoms with Crippen LogP contribution in [-0.4, -0.2) is 17.9 Å². The molecule has 0 aromatic heterocycles. The van der Waals surface area contributed by atoms with Gasteiger partial charge < -0.3 is 16.4 Å². The summed E-state index contributed by atoms with van der Waals surface area (Å²) in [7, 11) is 0. The zero-order chi connectivity index (χ0) is 13.0. The highest BCUT2D eigenvalue weighted by Crippen LogP contribution is 2.19. The van der Waals surface area contributed by atoms with E-state index in [0.717, 1.165) is 6.07 Å². The standard InChI is InChI=1S/C11H14FN3O2.ClH/c1-6(13)11(17)15-8-3-4-9(12)10(5-8)14-7(2)16;/h3-6H,13H2,1-2H3,(H,14,16)(H,15,17);1H/t6-;/m0./s1. The molecule has 0 saturated carbocycles. The van der Waals surface area contributed by atoms with Crippen molar-refractivity contribution in [3.8, 4) is 0 Å². The van der Waals surface area contributed by atoms with Gasteiger partial charge in [0.1, 0.15) is 5.82 Å². The van der Waals surface area contributed by atoms with Crippen LogP contribution >= 0.6 is 12.4 Å². The van der Waals surface area contributed by atoms with Gasteiger partial charge in [-0.05, 0) is 25.1 Å². The molecule has 1 aromatic rings. The number of amides is 2.